The molecule has 7 heteroatoms. The maximum absolute atomic E-state index is 12.6. The lowest BCUT2D eigenvalue weighted by Gasteiger charge is -2.23. The van der Waals surface area contributed by atoms with Crippen molar-refractivity contribution >= 4 is 41.0 Å². The minimum absolute atomic E-state index is 0.0120. The van der Waals surface area contributed by atoms with Crippen molar-refractivity contribution in [3.05, 3.63) is 65.2 Å². The van der Waals surface area contributed by atoms with Crippen molar-refractivity contribution in [3.63, 3.8) is 0 Å². The lowest BCUT2D eigenvalue weighted by molar-refractivity contribution is -0.134. The molecule has 2 aromatic carbocycles. The summed E-state index contributed by atoms with van der Waals surface area (Å²) in [5, 5.41) is 11.7. The molecular weight excluding hydrogens is 390 g/mol. The zero-order valence-corrected chi connectivity index (χ0v) is 17.2. The van der Waals surface area contributed by atoms with Crippen LogP contribution in [0.15, 0.2) is 48.5 Å². The van der Waals surface area contributed by atoms with Gasteiger partial charge in [0.25, 0.3) is 0 Å². The molecule has 28 heavy (non-hydrogen) atoms. The number of nitrogens with zero attached hydrogens (tertiary/aromatic N) is 2. The standard InChI is InChI=1S/C21H21N3O2S2/c1-15-2-4-17(5-3-15)11-27-13-20(25)24-14-28-12-19(24)21(26)23-18-8-6-16(10-22)7-9-18/h2-9,19H,11-14H2,1H3,(H,23,26). The number of carbonyl (C=O) groups is 2. The molecule has 0 saturated carbocycles. The molecule has 5 nitrogen and oxygen atoms in total. The van der Waals surface area contributed by atoms with Gasteiger partial charge in [-0.1, -0.05) is 29.8 Å². The summed E-state index contributed by atoms with van der Waals surface area (Å²) in [6, 6.07) is 16.6. The molecule has 1 aliphatic heterocycles. The van der Waals surface area contributed by atoms with Gasteiger partial charge < -0.3 is 10.2 Å². The predicted octanol–water partition coefficient (Wildman–Crippen LogP) is 3.64. The Hall–Kier alpha value is -2.43. The summed E-state index contributed by atoms with van der Waals surface area (Å²) < 4.78 is 0. The molecule has 0 bridgehead atoms. The summed E-state index contributed by atoms with van der Waals surface area (Å²) in [4.78, 5) is 26.9. The Morgan fingerprint density at radius 3 is 2.61 bits per heavy atom. The average molecular weight is 412 g/mol. The third kappa shape index (κ3) is 5.31. The number of nitrogens with one attached hydrogen (secondary N) is 1. The Kier molecular flexibility index (Phi) is 7.01. The van der Waals surface area contributed by atoms with E-state index in [4.69, 9.17) is 5.26 Å². The maximum atomic E-state index is 12.6. The third-order valence-corrected chi connectivity index (χ3v) is 6.40. The molecule has 3 rings (SSSR count). The largest absolute Gasteiger partial charge is 0.324 e. The summed E-state index contributed by atoms with van der Waals surface area (Å²) in [5.74, 6) is 2.06. The molecular formula is C21H21N3O2S2. The van der Waals surface area contributed by atoms with Gasteiger partial charge in [0, 0.05) is 17.2 Å². The highest BCUT2D eigenvalue weighted by Gasteiger charge is 2.34. The van der Waals surface area contributed by atoms with Crippen LogP contribution in [0.2, 0.25) is 0 Å². The molecule has 1 saturated heterocycles. The van der Waals surface area contributed by atoms with Crippen molar-refractivity contribution in [2.75, 3.05) is 22.7 Å². The van der Waals surface area contributed by atoms with E-state index >= 15 is 0 Å². The van der Waals surface area contributed by atoms with Crippen molar-refractivity contribution < 1.29 is 9.59 Å². The van der Waals surface area contributed by atoms with Crippen LogP contribution in [0.5, 0.6) is 0 Å². The number of amides is 2. The first-order valence-electron chi connectivity index (χ1n) is 8.88. The molecule has 2 amide bonds. The monoisotopic (exact) mass is 411 g/mol. The molecule has 2 aromatic rings. The minimum Gasteiger partial charge on any atom is -0.324 e. The number of hydrogen-bond donors (Lipinski definition) is 1. The van der Waals surface area contributed by atoms with Crippen molar-refractivity contribution in [2.24, 2.45) is 0 Å². The zero-order valence-electron chi connectivity index (χ0n) is 15.6. The van der Waals surface area contributed by atoms with Gasteiger partial charge in [-0.15, -0.1) is 23.5 Å². The number of carbonyl (C=O) groups excluding carboxylic acids is 2. The SMILES string of the molecule is Cc1ccc(CSCC(=O)N2CSCC2C(=O)Nc2ccc(C#N)cc2)cc1. The van der Waals surface area contributed by atoms with Gasteiger partial charge in [0.2, 0.25) is 11.8 Å². The summed E-state index contributed by atoms with van der Waals surface area (Å²) in [6.07, 6.45) is 0. The van der Waals surface area contributed by atoms with Gasteiger partial charge in [0.1, 0.15) is 6.04 Å². The first-order valence-corrected chi connectivity index (χ1v) is 11.2. The van der Waals surface area contributed by atoms with Crippen LogP contribution in [0, 0.1) is 18.3 Å². The van der Waals surface area contributed by atoms with Crippen LogP contribution in [0.3, 0.4) is 0 Å². The fraction of sp³-hybridized carbons (Fsp3) is 0.286. The Morgan fingerprint density at radius 2 is 1.93 bits per heavy atom. The Bertz CT molecular complexity index is 876. The highest BCUT2D eigenvalue weighted by atomic mass is 32.2. The van der Waals surface area contributed by atoms with Crippen molar-refractivity contribution in [2.45, 2.75) is 18.7 Å². The van der Waals surface area contributed by atoms with E-state index in [-0.39, 0.29) is 11.8 Å². The molecule has 144 valence electrons. The van der Waals surface area contributed by atoms with Crippen LogP contribution in [0.25, 0.3) is 0 Å². The second kappa shape index (κ2) is 9.67. The van der Waals surface area contributed by atoms with E-state index in [0.29, 0.717) is 28.6 Å². The van der Waals surface area contributed by atoms with E-state index in [1.165, 1.54) is 11.1 Å². The van der Waals surface area contributed by atoms with Crippen LogP contribution in [-0.2, 0) is 15.3 Å². The molecule has 0 radical (unpaired) electrons. The van der Waals surface area contributed by atoms with E-state index in [2.05, 4.69) is 36.5 Å². The van der Waals surface area contributed by atoms with Crippen molar-refractivity contribution in [1.29, 1.82) is 5.26 Å². The lowest BCUT2D eigenvalue weighted by Crippen LogP contribution is -2.45. The number of rotatable bonds is 6. The van der Waals surface area contributed by atoms with Gasteiger partial charge in [0.05, 0.1) is 23.3 Å². The van der Waals surface area contributed by atoms with Crippen LogP contribution >= 0.6 is 23.5 Å². The molecule has 0 aliphatic carbocycles. The summed E-state index contributed by atoms with van der Waals surface area (Å²) in [5.41, 5.74) is 3.57. The van der Waals surface area contributed by atoms with Crippen LogP contribution in [0.4, 0.5) is 5.69 Å². The van der Waals surface area contributed by atoms with Crippen molar-refractivity contribution in [1.82, 2.24) is 4.90 Å². The number of anilines is 1. The van der Waals surface area contributed by atoms with Gasteiger partial charge in [-0.05, 0) is 36.8 Å². The highest BCUT2D eigenvalue weighted by molar-refractivity contribution is 7.99. The predicted molar refractivity (Wildman–Crippen MR) is 115 cm³/mol. The summed E-state index contributed by atoms with van der Waals surface area (Å²) >= 11 is 3.15. The molecule has 1 fully saturated rings. The average Bonchev–Trinajstić information content (AvgIpc) is 3.20. The molecule has 0 aromatic heterocycles. The Balaban J connectivity index is 1.52. The Labute approximate surface area is 173 Å². The van der Waals surface area contributed by atoms with Gasteiger partial charge in [-0.3, -0.25) is 9.59 Å². The van der Waals surface area contributed by atoms with Crippen LogP contribution in [-0.4, -0.2) is 40.1 Å². The molecule has 1 atom stereocenters. The van der Waals surface area contributed by atoms with E-state index in [0.717, 1.165) is 5.75 Å². The summed E-state index contributed by atoms with van der Waals surface area (Å²) in [6.45, 7) is 2.05. The topological polar surface area (TPSA) is 73.2 Å². The fourth-order valence-electron chi connectivity index (χ4n) is 2.78. The molecule has 0 spiro atoms. The number of benzene rings is 2. The molecule has 1 N–H and O–H groups in total. The molecule has 1 heterocycles. The molecule has 1 unspecified atom stereocenters. The van der Waals surface area contributed by atoms with Gasteiger partial charge in [-0.2, -0.15) is 5.26 Å². The van der Waals surface area contributed by atoms with Gasteiger partial charge in [0.15, 0.2) is 0 Å². The van der Waals surface area contributed by atoms with Crippen LogP contribution in [0.1, 0.15) is 16.7 Å². The highest BCUT2D eigenvalue weighted by Crippen LogP contribution is 2.24. The second-order valence-corrected chi connectivity index (χ2v) is 8.52. The first kappa shape index (κ1) is 20.3. The van der Waals surface area contributed by atoms with E-state index in [1.54, 1.807) is 52.7 Å². The lowest BCUT2D eigenvalue weighted by atomic mass is 10.2. The van der Waals surface area contributed by atoms with Gasteiger partial charge in [-0.25, -0.2) is 0 Å². The fourth-order valence-corrected chi connectivity index (χ4v) is 4.83. The number of hydrogen-bond acceptors (Lipinski definition) is 5. The van der Waals surface area contributed by atoms with Crippen LogP contribution < -0.4 is 5.32 Å². The smallest absolute Gasteiger partial charge is 0.248 e. The third-order valence-electron chi connectivity index (χ3n) is 4.40. The van der Waals surface area contributed by atoms with E-state index < -0.39 is 6.04 Å². The van der Waals surface area contributed by atoms with Gasteiger partial charge >= 0.3 is 0 Å². The van der Waals surface area contributed by atoms with E-state index in [1.807, 2.05) is 6.07 Å². The Morgan fingerprint density at radius 1 is 1.21 bits per heavy atom. The normalized spacial score (nSPS) is 15.9. The number of aryl methyl sites for hydroxylation is 1. The number of thioether (sulfide) groups is 2. The molecule has 1 aliphatic rings. The second-order valence-electron chi connectivity index (χ2n) is 6.54. The first-order chi connectivity index (χ1) is 13.6. The minimum atomic E-state index is -0.465. The zero-order chi connectivity index (χ0) is 19.9. The number of nitriles is 1. The van der Waals surface area contributed by atoms with E-state index in [9.17, 15) is 9.59 Å². The van der Waals surface area contributed by atoms with Crippen molar-refractivity contribution in [3.8, 4) is 6.07 Å². The maximum Gasteiger partial charge on any atom is 0.248 e. The summed E-state index contributed by atoms with van der Waals surface area (Å²) in [7, 11) is 0. The quantitative estimate of drug-likeness (QED) is 0.786.